The molecule has 0 radical (unpaired) electrons. The van der Waals surface area contributed by atoms with Crippen LogP contribution in [0.1, 0.15) is 29.7 Å². The summed E-state index contributed by atoms with van der Waals surface area (Å²) in [4.78, 5) is 6.05. The molecule has 1 aromatic heterocycles. The summed E-state index contributed by atoms with van der Waals surface area (Å²) in [6, 6.07) is 7.20. The van der Waals surface area contributed by atoms with E-state index in [1.165, 1.54) is 11.6 Å². The third kappa shape index (κ3) is 3.79. The predicted molar refractivity (Wildman–Crippen MR) is 83.0 cm³/mol. The summed E-state index contributed by atoms with van der Waals surface area (Å²) >= 11 is 0. The molecular weight excluding hydrogens is 267 g/mol. The van der Waals surface area contributed by atoms with Gasteiger partial charge in [0, 0.05) is 37.2 Å². The maximum absolute atomic E-state index is 13.7. The highest BCUT2D eigenvalue weighted by Gasteiger charge is 2.14. The minimum Gasteiger partial charge on any atom is -0.389 e. The van der Waals surface area contributed by atoms with Crippen molar-refractivity contribution >= 4 is 5.69 Å². The van der Waals surface area contributed by atoms with E-state index in [0.717, 1.165) is 18.7 Å². The molecule has 3 nitrogen and oxygen atoms in total. The van der Waals surface area contributed by atoms with Gasteiger partial charge in [-0.3, -0.25) is 4.98 Å². The van der Waals surface area contributed by atoms with Crippen LogP contribution in [-0.4, -0.2) is 23.7 Å². The SMILES string of the molecule is Cc1cc(N(C)CCc2ccncc2)c([C@H](C)O)cc1F. The van der Waals surface area contributed by atoms with Gasteiger partial charge in [-0.2, -0.15) is 0 Å². The highest BCUT2D eigenvalue weighted by atomic mass is 19.1. The van der Waals surface area contributed by atoms with Gasteiger partial charge < -0.3 is 10.0 Å². The maximum Gasteiger partial charge on any atom is 0.126 e. The summed E-state index contributed by atoms with van der Waals surface area (Å²) < 4.78 is 13.7. The van der Waals surface area contributed by atoms with Crippen LogP contribution in [0.3, 0.4) is 0 Å². The molecule has 0 fully saturated rings. The molecule has 1 heterocycles. The lowest BCUT2D eigenvalue weighted by atomic mass is 10.0. The van der Waals surface area contributed by atoms with Crippen LogP contribution in [0.15, 0.2) is 36.7 Å². The molecule has 0 spiro atoms. The van der Waals surface area contributed by atoms with Crippen molar-refractivity contribution < 1.29 is 9.50 Å². The second kappa shape index (κ2) is 6.68. The number of aryl methyl sites for hydroxylation is 1. The molecule has 1 atom stereocenters. The Balaban J connectivity index is 2.18. The number of nitrogens with zero attached hydrogens (tertiary/aromatic N) is 2. The first-order chi connectivity index (χ1) is 9.99. The van der Waals surface area contributed by atoms with Gasteiger partial charge in [0.1, 0.15) is 5.82 Å². The van der Waals surface area contributed by atoms with Crippen molar-refractivity contribution in [3.63, 3.8) is 0 Å². The average molecular weight is 288 g/mol. The summed E-state index contributed by atoms with van der Waals surface area (Å²) in [7, 11) is 1.96. The molecule has 0 saturated carbocycles. The number of benzene rings is 1. The monoisotopic (exact) mass is 288 g/mol. The Hall–Kier alpha value is -1.94. The van der Waals surface area contributed by atoms with Crippen LogP contribution in [-0.2, 0) is 6.42 Å². The molecule has 4 heteroatoms. The summed E-state index contributed by atoms with van der Waals surface area (Å²) in [6.45, 7) is 4.18. The zero-order chi connectivity index (χ0) is 15.4. The lowest BCUT2D eigenvalue weighted by molar-refractivity contribution is 0.199. The minimum atomic E-state index is -0.696. The highest BCUT2D eigenvalue weighted by Crippen LogP contribution is 2.28. The van der Waals surface area contributed by atoms with Crippen LogP contribution in [0.2, 0.25) is 0 Å². The Morgan fingerprint density at radius 1 is 1.29 bits per heavy atom. The lowest BCUT2D eigenvalue weighted by Crippen LogP contribution is -2.22. The molecule has 0 bridgehead atoms. The average Bonchev–Trinajstić information content (AvgIpc) is 2.48. The molecule has 0 amide bonds. The smallest absolute Gasteiger partial charge is 0.126 e. The fourth-order valence-electron chi connectivity index (χ4n) is 2.31. The Morgan fingerprint density at radius 2 is 1.95 bits per heavy atom. The van der Waals surface area contributed by atoms with Crippen LogP contribution in [0.25, 0.3) is 0 Å². The van der Waals surface area contributed by atoms with Gasteiger partial charge >= 0.3 is 0 Å². The normalized spacial score (nSPS) is 12.2. The van der Waals surface area contributed by atoms with Gasteiger partial charge in [-0.25, -0.2) is 4.39 Å². The molecule has 0 aliphatic heterocycles. The molecule has 0 aliphatic carbocycles. The fourth-order valence-corrected chi connectivity index (χ4v) is 2.31. The van der Waals surface area contributed by atoms with Crippen LogP contribution in [0, 0.1) is 12.7 Å². The van der Waals surface area contributed by atoms with Crippen LogP contribution in [0.4, 0.5) is 10.1 Å². The number of likely N-dealkylation sites (N-methyl/N-ethyl adjacent to an activating group) is 1. The third-order valence-electron chi connectivity index (χ3n) is 3.65. The van der Waals surface area contributed by atoms with Gasteiger partial charge in [-0.05, 0) is 55.7 Å². The number of aliphatic hydroxyl groups is 1. The van der Waals surface area contributed by atoms with E-state index in [0.29, 0.717) is 11.1 Å². The van der Waals surface area contributed by atoms with E-state index in [1.54, 1.807) is 32.3 Å². The molecule has 0 unspecified atom stereocenters. The summed E-state index contributed by atoms with van der Waals surface area (Å²) in [5.41, 5.74) is 3.28. The van der Waals surface area contributed by atoms with E-state index in [1.807, 2.05) is 19.2 Å². The topological polar surface area (TPSA) is 36.4 Å². The maximum atomic E-state index is 13.7. The first kappa shape index (κ1) is 15.4. The molecule has 2 aromatic rings. The Bertz CT molecular complexity index is 599. The van der Waals surface area contributed by atoms with E-state index in [4.69, 9.17) is 0 Å². The second-order valence-electron chi connectivity index (χ2n) is 5.36. The molecule has 21 heavy (non-hydrogen) atoms. The fraction of sp³-hybridized carbons (Fsp3) is 0.353. The summed E-state index contributed by atoms with van der Waals surface area (Å²) in [5, 5.41) is 9.85. The molecular formula is C17H21FN2O. The van der Waals surface area contributed by atoms with Crippen molar-refractivity contribution in [2.45, 2.75) is 26.4 Å². The highest BCUT2D eigenvalue weighted by molar-refractivity contribution is 5.56. The molecule has 0 aliphatic rings. The molecule has 0 saturated heterocycles. The summed E-state index contributed by atoms with van der Waals surface area (Å²) in [6.07, 6.45) is 3.73. The largest absolute Gasteiger partial charge is 0.389 e. The van der Waals surface area contributed by atoms with Crippen molar-refractivity contribution in [3.8, 4) is 0 Å². The number of hydrogen-bond acceptors (Lipinski definition) is 3. The first-order valence-electron chi connectivity index (χ1n) is 7.07. The summed E-state index contributed by atoms with van der Waals surface area (Å²) in [5.74, 6) is -0.280. The third-order valence-corrected chi connectivity index (χ3v) is 3.65. The van der Waals surface area contributed by atoms with Crippen LogP contribution >= 0.6 is 0 Å². The van der Waals surface area contributed by atoms with Crippen LogP contribution in [0.5, 0.6) is 0 Å². The Labute approximate surface area is 125 Å². The van der Waals surface area contributed by atoms with Crippen molar-refractivity contribution in [1.29, 1.82) is 0 Å². The van der Waals surface area contributed by atoms with Gasteiger partial charge in [0.05, 0.1) is 6.10 Å². The quantitative estimate of drug-likeness (QED) is 0.917. The first-order valence-corrected chi connectivity index (χ1v) is 7.07. The number of aliphatic hydroxyl groups excluding tert-OH is 1. The number of hydrogen-bond donors (Lipinski definition) is 1. The van der Waals surface area contributed by atoms with Gasteiger partial charge in [-0.1, -0.05) is 0 Å². The number of halogens is 1. The van der Waals surface area contributed by atoms with Crippen molar-refractivity contribution in [2.75, 3.05) is 18.5 Å². The van der Waals surface area contributed by atoms with Gasteiger partial charge in [0.15, 0.2) is 0 Å². The zero-order valence-electron chi connectivity index (χ0n) is 12.7. The number of aromatic nitrogens is 1. The number of pyridine rings is 1. The standard InChI is InChI=1S/C17H21FN2O/c1-12-10-17(15(13(2)21)11-16(12)18)20(3)9-6-14-4-7-19-8-5-14/h4-5,7-8,10-11,13,21H,6,9H2,1-3H3/t13-/m0/s1. The second-order valence-corrected chi connectivity index (χ2v) is 5.36. The van der Waals surface area contributed by atoms with Crippen molar-refractivity contribution in [2.24, 2.45) is 0 Å². The van der Waals surface area contributed by atoms with E-state index < -0.39 is 6.10 Å². The lowest BCUT2D eigenvalue weighted by Gasteiger charge is -2.24. The van der Waals surface area contributed by atoms with Gasteiger partial charge in [0.2, 0.25) is 0 Å². The molecule has 1 aromatic carbocycles. The van der Waals surface area contributed by atoms with E-state index >= 15 is 0 Å². The van der Waals surface area contributed by atoms with Crippen molar-refractivity contribution in [1.82, 2.24) is 4.98 Å². The Kier molecular flexibility index (Phi) is 4.91. The van der Waals surface area contributed by atoms with Crippen LogP contribution < -0.4 is 4.90 Å². The Morgan fingerprint density at radius 3 is 2.57 bits per heavy atom. The van der Waals surface area contributed by atoms with E-state index in [2.05, 4.69) is 9.88 Å². The molecule has 1 N–H and O–H groups in total. The number of anilines is 1. The molecule has 112 valence electrons. The van der Waals surface area contributed by atoms with Crippen molar-refractivity contribution in [3.05, 3.63) is 59.2 Å². The van der Waals surface area contributed by atoms with Gasteiger partial charge in [0.25, 0.3) is 0 Å². The van der Waals surface area contributed by atoms with E-state index in [9.17, 15) is 9.50 Å². The molecule has 2 rings (SSSR count). The van der Waals surface area contributed by atoms with E-state index in [-0.39, 0.29) is 5.82 Å². The zero-order valence-corrected chi connectivity index (χ0v) is 12.7. The number of rotatable bonds is 5. The van der Waals surface area contributed by atoms with Gasteiger partial charge in [-0.15, -0.1) is 0 Å². The minimum absolute atomic E-state index is 0.280. The predicted octanol–water partition coefficient (Wildman–Crippen LogP) is 3.26.